The Morgan fingerprint density at radius 1 is 1.38 bits per heavy atom. The molecule has 1 aliphatic heterocycles. The molecule has 1 aromatic rings. The summed E-state index contributed by atoms with van der Waals surface area (Å²) in [4.78, 5) is 29.8. The average molecular weight is 310 g/mol. The molecular formula is C15H20ClN3O2. The van der Waals surface area contributed by atoms with Crippen molar-refractivity contribution in [3.63, 3.8) is 0 Å². The highest BCUT2D eigenvalue weighted by molar-refractivity contribution is 6.33. The molecule has 5 nitrogen and oxygen atoms in total. The van der Waals surface area contributed by atoms with Crippen molar-refractivity contribution in [3.8, 4) is 0 Å². The van der Waals surface area contributed by atoms with Crippen LogP contribution in [0.2, 0.25) is 5.02 Å². The molecule has 6 heteroatoms. The number of pyridine rings is 1. The maximum atomic E-state index is 12.1. The molecule has 1 saturated heterocycles. The van der Waals surface area contributed by atoms with Gasteiger partial charge in [-0.05, 0) is 18.9 Å². The number of rotatable bonds is 3. The van der Waals surface area contributed by atoms with E-state index in [2.05, 4.69) is 10.3 Å². The molecule has 1 aromatic heterocycles. The van der Waals surface area contributed by atoms with Crippen molar-refractivity contribution in [2.45, 2.75) is 32.7 Å². The van der Waals surface area contributed by atoms with Gasteiger partial charge in [-0.15, -0.1) is 0 Å². The number of likely N-dealkylation sites (tertiary alicyclic amines) is 1. The van der Waals surface area contributed by atoms with Crippen LogP contribution in [0.5, 0.6) is 0 Å². The van der Waals surface area contributed by atoms with Gasteiger partial charge in [0, 0.05) is 37.4 Å². The molecule has 0 spiro atoms. The van der Waals surface area contributed by atoms with Crippen LogP contribution >= 0.6 is 11.6 Å². The second-order valence-corrected chi connectivity index (χ2v) is 5.99. The molecule has 1 aliphatic rings. The lowest BCUT2D eigenvalue weighted by Crippen LogP contribution is -2.47. The Kier molecular flexibility index (Phi) is 5.17. The Hall–Kier alpha value is -1.62. The Balaban J connectivity index is 1.88. The van der Waals surface area contributed by atoms with Crippen LogP contribution < -0.4 is 5.32 Å². The van der Waals surface area contributed by atoms with E-state index >= 15 is 0 Å². The maximum Gasteiger partial charge on any atom is 0.254 e. The van der Waals surface area contributed by atoms with Gasteiger partial charge in [-0.1, -0.05) is 25.4 Å². The molecule has 0 bridgehead atoms. The lowest BCUT2D eigenvalue weighted by molar-refractivity contribution is -0.135. The number of carbonyl (C=O) groups is 2. The summed E-state index contributed by atoms with van der Waals surface area (Å²) >= 11 is 5.98. The number of nitrogens with one attached hydrogen (secondary N) is 1. The van der Waals surface area contributed by atoms with Crippen molar-refractivity contribution >= 4 is 23.4 Å². The normalized spacial score (nSPS) is 16.1. The summed E-state index contributed by atoms with van der Waals surface area (Å²) in [5.74, 6) is -0.0119. The van der Waals surface area contributed by atoms with Gasteiger partial charge in [-0.2, -0.15) is 0 Å². The fraction of sp³-hybridized carbons (Fsp3) is 0.533. The second kappa shape index (κ2) is 6.89. The molecule has 0 radical (unpaired) electrons. The highest BCUT2D eigenvalue weighted by atomic mass is 35.5. The van der Waals surface area contributed by atoms with E-state index in [0.717, 1.165) is 12.8 Å². The third kappa shape index (κ3) is 3.94. The van der Waals surface area contributed by atoms with E-state index in [9.17, 15) is 9.59 Å². The third-order valence-electron chi connectivity index (χ3n) is 3.65. The minimum atomic E-state index is -0.207. The molecule has 114 valence electrons. The Morgan fingerprint density at radius 3 is 2.62 bits per heavy atom. The van der Waals surface area contributed by atoms with E-state index in [0.29, 0.717) is 23.7 Å². The average Bonchev–Trinajstić information content (AvgIpc) is 2.47. The number of aromatic nitrogens is 1. The predicted octanol–water partition coefficient (Wildman–Crippen LogP) is 2.11. The smallest absolute Gasteiger partial charge is 0.254 e. The summed E-state index contributed by atoms with van der Waals surface area (Å²) in [6, 6.07) is 1.67. The van der Waals surface area contributed by atoms with Gasteiger partial charge >= 0.3 is 0 Å². The van der Waals surface area contributed by atoms with Crippen LogP contribution in [0.15, 0.2) is 18.5 Å². The monoisotopic (exact) mass is 309 g/mol. The van der Waals surface area contributed by atoms with Gasteiger partial charge in [0.25, 0.3) is 5.91 Å². The molecule has 0 aromatic carbocycles. The quantitative estimate of drug-likeness (QED) is 0.930. The fourth-order valence-corrected chi connectivity index (χ4v) is 2.61. The van der Waals surface area contributed by atoms with Crippen LogP contribution in [0.3, 0.4) is 0 Å². The van der Waals surface area contributed by atoms with Gasteiger partial charge < -0.3 is 10.2 Å². The van der Waals surface area contributed by atoms with Crippen molar-refractivity contribution in [2.24, 2.45) is 5.92 Å². The number of halogens is 1. The van der Waals surface area contributed by atoms with Crippen molar-refractivity contribution in [1.82, 2.24) is 15.2 Å². The molecule has 2 amide bonds. The highest BCUT2D eigenvalue weighted by Gasteiger charge is 2.25. The predicted molar refractivity (Wildman–Crippen MR) is 81.2 cm³/mol. The SMILES string of the molecule is CC(C)C(=O)N1CCC(NC(=O)c2cnccc2Cl)CC1. The minimum absolute atomic E-state index is 0.0188. The van der Waals surface area contributed by atoms with Crippen molar-refractivity contribution in [1.29, 1.82) is 0 Å². The minimum Gasteiger partial charge on any atom is -0.349 e. The third-order valence-corrected chi connectivity index (χ3v) is 3.98. The van der Waals surface area contributed by atoms with E-state index in [-0.39, 0.29) is 23.8 Å². The molecule has 0 saturated carbocycles. The molecule has 0 atom stereocenters. The molecular weight excluding hydrogens is 290 g/mol. The van der Waals surface area contributed by atoms with E-state index < -0.39 is 0 Å². The van der Waals surface area contributed by atoms with Crippen molar-refractivity contribution in [2.75, 3.05) is 13.1 Å². The molecule has 2 rings (SSSR count). The zero-order valence-corrected chi connectivity index (χ0v) is 13.1. The van der Waals surface area contributed by atoms with Crippen molar-refractivity contribution in [3.05, 3.63) is 29.0 Å². The van der Waals surface area contributed by atoms with Crippen LogP contribution in [0.4, 0.5) is 0 Å². The van der Waals surface area contributed by atoms with Gasteiger partial charge in [-0.25, -0.2) is 0 Å². The van der Waals surface area contributed by atoms with Gasteiger partial charge in [0.15, 0.2) is 0 Å². The number of carbonyl (C=O) groups excluding carboxylic acids is 2. The summed E-state index contributed by atoms with van der Waals surface area (Å²) in [5.41, 5.74) is 0.389. The first-order valence-electron chi connectivity index (χ1n) is 7.18. The van der Waals surface area contributed by atoms with Gasteiger partial charge in [0.05, 0.1) is 10.6 Å². The van der Waals surface area contributed by atoms with E-state index in [4.69, 9.17) is 11.6 Å². The van der Waals surface area contributed by atoms with Crippen LogP contribution in [-0.4, -0.2) is 40.8 Å². The molecule has 21 heavy (non-hydrogen) atoms. The summed E-state index contributed by atoms with van der Waals surface area (Å²) in [7, 11) is 0. The van der Waals surface area contributed by atoms with Crippen LogP contribution in [-0.2, 0) is 4.79 Å². The van der Waals surface area contributed by atoms with E-state index in [1.165, 1.54) is 6.20 Å². The lowest BCUT2D eigenvalue weighted by atomic mass is 10.0. The number of piperidine rings is 1. The molecule has 0 aliphatic carbocycles. The second-order valence-electron chi connectivity index (χ2n) is 5.58. The number of hydrogen-bond donors (Lipinski definition) is 1. The number of hydrogen-bond acceptors (Lipinski definition) is 3. The van der Waals surface area contributed by atoms with Crippen molar-refractivity contribution < 1.29 is 9.59 Å². The van der Waals surface area contributed by atoms with Gasteiger partial charge in [-0.3, -0.25) is 14.6 Å². The Morgan fingerprint density at radius 2 is 2.05 bits per heavy atom. The topological polar surface area (TPSA) is 62.3 Å². The number of amides is 2. The van der Waals surface area contributed by atoms with Gasteiger partial charge in [0.2, 0.25) is 5.91 Å². The van der Waals surface area contributed by atoms with Crippen LogP contribution in [0, 0.1) is 5.92 Å². The first-order chi connectivity index (χ1) is 9.99. The Labute approximate surface area is 129 Å². The summed E-state index contributed by atoms with van der Waals surface area (Å²) in [6.45, 7) is 5.17. The lowest BCUT2D eigenvalue weighted by Gasteiger charge is -2.33. The molecule has 1 fully saturated rings. The summed E-state index contributed by atoms with van der Waals surface area (Å²) < 4.78 is 0. The molecule has 2 heterocycles. The molecule has 1 N–H and O–H groups in total. The fourth-order valence-electron chi connectivity index (χ4n) is 2.42. The first-order valence-corrected chi connectivity index (χ1v) is 7.56. The first kappa shape index (κ1) is 15.8. The van der Waals surface area contributed by atoms with E-state index in [1.54, 1.807) is 12.3 Å². The molecule has 0 unspecified atom stereocenters. The van der Waals surface area contributed by atoms with Gasteiger partial charge in [0.1, 0.15) is 0 Å². The standard InChI is InChI=1S/C15H20ClN3O2/c1-10(2)15(21)19-7-4-11(5-8-19)18-14(20)12-9-17-6-3-13(12)16/h3,6,9-11H,4-5,7-8H2,1-2H3,(H,18,20). The number of nitrogens with zero attached hydrogens (tertiary/aromatic N) is 2. The van der Waals surface area contributed by atoms with Crippen LogP contribution in [0.25, 0.3) is 0 Å². The highest BCUT2D eigenvalue weighted by Crippen LogP contribution is 2.16. The summed E-state index contributed by atoms with van der Waals surface area (Å²) in [5, 5.41) is 3.36. The largest absolute Gasteiger partial charge is 0.349 e. The Bertz CT molecular complexity index is 525. The zero-order chi connectivity index (χ0) is 15.4. The maximum absolute atomic E-state index is 12.1. The van der Waals surface area contributed by atoms with E-state index in [1.807, 2.05) is 18.7 Å². The van der Waals surface area contributed by atoms with Crippen LogP contribution in [0.1, 0.15) is 37.0 Å². The zero-order valence-electron chi connectivity index (χ0n) is 12.3. The summed E-state index contributed by atoms with van der Waals surface area (Å²) in [6.07, 6.45) is 4.55.